The van der Waals surface area contributed by atoms with Crippen molar-refractivity contribution in [2.24, 2.45) is 5.92 Å². The largest absolute Gasteiger partial charge is 0.444 e. The highest BCUT2D eigenvalue weighted by Gasteiger charge is 2.26. The van der Waals surface area contributed by atoms with E-state index in [4.69, 9.17) is 16.3 Å². The Labute approximate surface area is 120 Å². The summed E-state index contributed by atoms with van der Waals surface area (Å²) < 4.78 is 5.15. The Hall–Kier alpha value is -0.770. The molecule has 0 aromatic heterocycles. The van der Waals surface area contributed by atoms with E-state index in [9.17, 15) is 9.59 Å². The number of halogens is 1. The van der Waals surface area contributed by atoms with Crippen LogP contribution in [0, 0.1) is 5.92 Å². The van der Waals surface area contributed by atoms with Crippen molar-refractivity contribution in [1.82, 2.24) is 5.32 Å². The lowest BCUT2D eigenvalue weighted by molar-refractivity contribution is -0.114. The molecule has 1 saturated carbocycles. The first-order valence-corrected chi connectivity index (χ1v) is 7.34. The smallest absolute Gasteiger partial charge is 0.408 e. The Bertz CT molecular complexity index is 319. The molecule has 0 saturated heterocycles. The molecule has 5 heteroatoms. The number of ether oxygens (including phenoxy) is 1. The van der Waals surface area contributed by atoms with Gasteiger partial charge in [-0.1, -0.05) is 32.1 Å². The van der Waals surface area contributed by atoms with Crippen molar-refractivity contribution in [3.63, 3.8) is 0 Å². The molecule has 1 atom stereocenters. The summed E-state index contributed by atoms with van der Waals surface area (Å²) in [7, 11) is 0. The molecule has 19 heavy (non-hydrogen) atoms. The third-order valence-electron chi connectivity index (χ3n) is 3.26. The molecule has 0 aromatic carbocycles. The van der Waals surface area contributed by atoms with E-state index in [1.165, 1.54) is 19.3 Å². The fourth-order valence-electron chi connectivity index (χ4n) is 2.41. The van der Waals surface area contributed by atoms with Crippen LogP contribution in [0.5, 0.6) is 0 Å². The lowest BCUT2D eigenvalue weighted by Crippen LogP contribution is -2.43. The van der Waals surface area contributed by atoms with Gasteiger partial charge in [-0.05, 0) is 44.7 Å². The maximum atomic E-state index is 11.7. The molecule has 0 spiro atoms. The molecule has 0 heterocycles. The second kappa shape index (κ2) is 7.13. The highest BCUT2D eigenvalue weighted by atomic mass is 35.5. The lowest BCUT2D eigenvalue weighted by Gasteiger charge is -2.26. The average molecular weight is 290 g/mol. The minimum atomic E-state index is -0.639. The van der Waals surface area contributed by atoms with Gasteiger partial charge in [0.2, 0.25) is 5.24 Å². The summed E-state index contributed by atoms with van der Waals surface area (Å²) in [6.45, 7) is 5.35. The summed E-state index contributed by atoms with van der Waals surface area (Å²) in [6.07, 6.45) is 5.90. The minimum absolute atomic E-state index is 0.469. The standard InChI is InChI=1S/C14H24ClNO3/c1-14(2,3)19-13(18)16-11(12(15)17)9-10-7-5-4-6-8-10/h10-11H,4-9H2,1-3H3,(H,16,18). The molecule has 110 valence electrons. The van der Waals surface area contributed by atoms with Crippen molar-refractivity contribution in [2.75, 3.05) is 0 Å². The second-order valence-electron chi connectivity index (χ2n) is 6.24. The van der Waals surface area contributed by atoms with Gasteiger partial charge in [0.1, 0.15) is 11.6 Å². The molecule has 0 bridgehead atoms. The number of nitrogens with one attached hydrogen (secondary N) is 1. The Balaban J connectivity index is 2.48. The fraction of sp³-hybridized carbons (Fsp3) is 0.857. The minimum Gasteiger partial charge on any atom is -0.444 e. The summed E-state index contributed by atoms with van der Waals surface area (Å²) in [5.41, 5.74) is -0.575. The highest BCUT2D eigenvalue weighted by Crippen LogP contribution is 2.27. The highest BCUT2D eigenvalue weighted by molar-refractivity contribution is 6.64. The number of hydrogen-bond donors (Lipinski definition) is 1. The Morgan fingerprint density at radius 3 is 2.32 bits per heavy atom. The summed E-state index contributed by atoms with van der Waals surface area (Å²) in [5, 5.41) is 2.06. The van der Waals surface area contributed by atoms with Crippen LogP contribution >= 0.6 is 11.6 Å². The van der Waals surface area contributed by atoms with Crippen LogP contribution in [-0.2, 0) is 9.53 Å². The van der Waals surface area contributed by atoms with Crippen LogP contribution in [0.4, 0.5) is 4.79 Å². The van der Waals surface area contributed by atoms with Gasteiger partial charge in [0.15, 0.2) is 0 Å². The van der Waals surface area contributed by atoms with Crippen molar-refractivity contribution in [2.45, 2.75) is 70.9 Å². The van der Waals surface area contributed by atoms with Gasteiger partial charge in [-0.3, -0.25) is 4.79 Å². The van der Waals surface area contributed by atoms with Crippen molar-refractivity contribution < 1.29 is 14.3 Å². The van der Waals surface area contributed by atoms with Gasteiger partial charge in [-0.2, -0.15) is 0 Å². The van der Waals surface area contributed by atoms with Crippen LogP contribution in [0.3, 0.4) is 0 Å². The monoisotopic (exact) mass is 289 g/mol. The molecular weight excluding hydrogens is 266 g/mol. The summed E-state index contributed by atoms with van der Waals surface area (Å²) in [4.78, 5) is 23.1. The van der Waals surface area contributed by atoms with Crippen molar-refractivity contribution >= 4 is 22.9 Å². The van der Waals surface area contributed by atoms with Gasteiger partial charge in [-0.25, -0.2) is 4.79 Å². The van der Waals surface area contributed by atoms with Crippen LogP contribution in [0.1, 0.15) is 59.3 Å². The molecule has 1 rings (SSSR count). The van der Waals surface area contributed by atoms with E-state index >= 15 is 0 Å². The van der Waals surface area contributed by atoms with Crippen molar-refractivity contribution in [3.05, 3.63) is 0 Å². The Morgan fingerprint density at radius 1 is 1.26 bits per heavy atom. The SMILES string of the molecule is CC(C)(C)OC(=O)NC(CC1CCCCC1)C(=O)Cl. The first-order chi connectivity index (χ1) is 8.78. The van der Waals surface area contributed by atoms with Gasteiger partial charge in [0, 0.05) is 0 Å². The van der Waals surface area contributed by atoms with Crippen LogP contribution in [0.2, 0.25) is 0 Å². The van der Waals surface area contributed by atoms with Gasteiger partial charge >= 0.3 is 6.09 Å². The second-order valence-corrected chi connectivity index (χ2v) is 6.62. The molecule has 1 fully saturated rings. The van der Waals surface area contributed by atoms with E-state index in [0.717, 1.165) is 12.8 Å². The van der Waals surface area contributed by atoms with E-state index in [2.05, 4.69) is 5.32 Å². The van der Waals surface area contributed by atoms with Crippen LogP contribution in [-0.4, -0.2) is 23.0 Å². The number of carbonyl (C=O) groups is 2. The topological polar surface area (TPSA) is 55.4 Å². The molecule has 1 amide bonds. The predicted molar refractivity (Wildman–Crippen MR) is 75.2 cm³/mol. The summed E-state index contributed by atoms with van der Waals surface area (Å²) in [6, 6.07) is -0.639. The maximum Gasteiger partial charge on any atom is 0.408 e. The van der Waals surface area contributed by atoms with E-state index in [1.54, 1.807) is 20.8 Å². The first kappa shape index (κ1) is 16.3. The fourth-order valence-corrected chi connectivity index (χ4v) is 2.56. The average Bonchev–Trinajstić information content (AvgIpc) is 2.26. The number of rotatable bonds is 4. The Morgan fingerprint density at radius 2 is 1.84 bits per heavy atom. The predicted octanol–water partition coefficient (Wildman–Crippen LogP) is 3.62. The van der Waals surface area contributed by atoms with E-state index < -0.39 is 23.0 Å². The Kier molecular flexibility index (Phi) is 6.11. The van der Waals surface area contributed by atoms with E-state index in [0.29, 0.717) is 12.3 Å². The third-order valence-corrected chi connectivity index (χ3v) is 3.52. The van der Waals surface area contributed by atoms with Crippen LogP contribution in [0.15, 0.2) is 0 Å². The van der Waals surface area contributed by atoms with Gasteiger partial charge < -0.3 is 10.1 Å². The zero-order chi connectivity index (χ0) is 14.5. The third kappa shape index (κ3) is 6.81. The zero-order valence-corrected chi connectivity index (χ0v) is 12.8. The van der Waals surface area contributed by atoms with E-state index in [-0.39, 0.29) is 0 Å². The summed E-state index contributed by atoms with van der Waals surface area (Å²) in [5.74, 6) is 0.469. The molecule has 1 N–H and O–H groups in total. The number of carbonyl (C=O) groups excluding carboxylic acids is 2. The molecule has 0 aromatic rings. The molecular formula is C14H24ClNO3. The van der Waals surface area contributed by atoms with E-state index in [1.807, 2.05) is 0 Å². The quantitative estimate of drug-likeness (QED) is 0.804. The number of alkyl carbamates (subject to hydrolysis) is 1. The van der Waals surface area contributed by atoms with Gasteiger partial charge in [-0.15, -0.1) is 0 Å². The normalized spacial score (nSPS) is 18.7. The maximum absolute atomic E-state index is 11.7. The van der Waals surface area contributed by atoms with Gasteiger partial charge in [0.25, 0.3) is 0 Å². The molecule has 0 radical (unpaired) electrons. The summed E-state index contributed by atoms with van der Waals surface area (Å²) >= 11 is 5.57. The molecule has 4 nitrogen and oxygen atoms in total. The van der Waals surface area contributed by atoms with Crippen molar-refractivity contribution in [3.8, 4) is 0 Å². The molecule has 1 aliphatic carbocycles. The molecule has 1 unspecified atom stereocenters. The van der Waals surface area contributed by atoms with Crippen LogP contribution < -0.4 is 5.32 Å². The number of hydrogen-bond acceptors (Lipinski definition) is 3. The molecule has 0 aliphatic heterocycles. The first-order valence-electron chi connectivity index (χ1n) is 6.97. The molecule has 1 aliphatic rings. The zero-order valence-electron chi connectivity index (χ0n) is 12.0. The number of amides is 1. The van der Waals surface area contributed by atoms with Crippen molar-refractivity contribution in [1.29, 1.82) is 0 Å². The van der Waals surface area contributed by atoms with Crippen LogP contribution in [0.25, 0.3) is 0 Å². The lowest BCUT2D eigenvalue weighted by atomic mass is 9.85. The van der Waals surface area contributed by atoms with Gasteiger partial charge in [0.05, 0.1) is 0 Å².